The molecule has 104 valence electrons. The third kappa shape index (κ3) is 4.16. The fourth-order valence-electron chi connectivity index (χ4n) is 1.98. The zero-order chi connectivity index (χ0) is 13.9. The van der Waals surface area contributed by atoms with Gasteiger partial charge in [0, 0.05) is 5.56 Å². The van der Waals surface area contributed by atoms with Gasteiger partial charge in [-0.2, -0.15) is 11.8 Å². The maximum absolute atomic E-state index is 12.2. The van der Waals surface area contributed by atoms with Gasteiger partial charge in [-0.15, -0.1) is 13.2 Å². The number of benzene rings is 1. The van der Waals surface area contributed by atoms with Gasteiger partial charge < -0.3 is 4.74 Å². The quantitative estimate of drug-likeness (QED) is 0.785. The minimum Gasteiger partial charge on any atom is -0.406 e. The highest BCUT2D eigenvalue weighted by Crippen LogP contribution is 2.29. The number of rotatable bonds is 3. The summed E-state index contributed by atoms with van der Waals surface area (Å²) in [4.78, 5) is 12.2. The molecule has 6 heteroatoms. The lowest BCUT2D eigenvalue weighted by Gasteiger charge is -2.20. The van der Waals surface area contributed by atoms with Crippen molar-refractivity contribution in [3.63, 3.8) is 0 Å². The van der Waals surface area contributed by atoms with Gasteiger partial charge in [0.05, 0.1) is 5.25 Å². The Morgan fingerprint density at radius 3 is 2.74 bits per heavy atom. The smallest absolute Gasteiger partial charge is 0.406 e. The summed E-state index contributed by atoms with van der Waals surface area (Å²) >= 11 is 1.57. The summed E-state index contributed by atoms with van der Waals surface area (Å²) in [5, 5.41) is -0.144. The number of hydrogen-bond acceptors (Lipinski definition) is 3. The molecule has 19 heavy (non-hydrogen) atoms. The Hall–Kier alpha value is -1.17. The molecule has 2 rings (SSSR count). The number of halogens is 3. The van der Waals surface area contributed by atoms with Crippen molar-refractivity contribution in [3.8, 4) is 5.75 Å². The van der Waals surface area contributed by atoms with Gasteiger partial charge >= 0.3 is 6.36 Å². The third-order valence-corrected chi connectivity index (χ3v) is 4.20. The number of Topliss-reactive ketones (excluding diaryl/α,β-unsaturated/α-hetero) is 1. The first-order valence-electron chi connectivity index (χ1n) is 5.97. The zero-order valence-electron chi connectivity index (χ0n) is 10.1. The molecule has 1 unspecified atom stereocenters. The molecule has 0 saturated carbocycles. The van der Waals surface area contributed by atoms with Crippen LogP contribution >= 0.6 is 11.8 Å². The molecule has 2 nitrogen and oxygen atoms in total. The average Bonchev–Trinajstić information content (AvgIpc) is 2.37. The third-order valence-electron chi connectivity index (χ3n) is 2.82. The van der Waals surface area contributed by atoms with E-state index in [0.29, 0.717) is 0 Å². The summed E-state index contributed by atoms with van der Waals surface area (Å²) in [5.74, 6) is 0.464. The van der Waals surface area contributed by atoms with Crippen LogP contribution in [0.3, 0.4) is 0 Å². The Kier molecular flexibility index (Phi) is 4.39. The topological polar surface area (TPSA) is 26.3 Å². The molecule has 1 aliphatic rings. The number of carbonyl (C=O) groups is 1. The van der Waals surface area contributed by atoms with Crippen molar-refractivity contribution in [1.82, 2.24) is 0 Å². The standard InChI is InChI=1S/C13H13F3O2S/c14-13(15,16)18-10-5-3-4-9(8-10)12(17)11-6-1-2-7-19-11/h3-5,8,11H,1-2,6-7H2. The molecule has 1 atom stereocenters. The minimum absolute atomic E-state index is 0.114. The second-order valence-electron chi connectivity index (χ2n) is 4.30. The van der Waals surface area contributed by atoms with Crippen molar-refractivity contribution >= 4 is 17.5 Å². The molecular formula is C13H13F3O2S. The van der Waals surface area contributed by atoms with Crippen molar-refractivity contribution < 1.29 is 22.7 Å². The molecule has 1 aromatic rings. The lowest BCUT2D eigenvalue weighted by molar-refractivity contribution is -0.274. The second kappa shape index (κ2) is 5.86. The van der Waals surface area contributed by atoms with Gasteiger partial charge in [0.15, 0.2) is 5.78 Å². The van der Waals surface area contributed by atoms with Crippen LogP contribution in [0.5, 0.6) is 5.75 Å². The predicted octanol–water partition coefficient (Wildman–Crippen LogP) is 4.05. The number of thioether (sulfide) groups is 1. The van der Waals surface area contributed by atoms with Crippen LogP contribution in [0, 0.1) is 0 Å². The molecule has 0 radical (unpaired) electrons. The van der Waals surface area contributed by atoms with Gasteiger partial charge in [-0.1, -0.05) is 18.6 Å². The predicted molar refractivity (Wildman–Crippen MR) is 67.6 cm³/mol. The van der Waals surface area contributed by atoms with E-state index in [-0.39, 0.29) is 22.3 Å². The summed E-state index contributed by atoms with van der Waals surface area (Å²) in [6, 6.07) is 5.28. The number of alkyl halides is 3. The maximum atomic E-state index is 12.2. The van der Waals surface area contributed by atoms with E-state index >= 15 is 0 Å². The average molecular weight is 290 g/mol. The SMILES string of the molecule is O=C(c1cccc(OC(F)(F)F)c1)C1CCCCS1. The summed E-state index contributed by atoms with van der Waals surface area (Å²) in [6.07, 6.45) is -1.87. The van der Waals surface area contributed by atoms with Crippen LogP contribution in [0.25, 0.3) is 0 Å². The van der Waals surface area contributed by atoms with E-state index in [1.807, 2.05) is 0 Å². The van der Waals surface area contributed by atoms with Gasteiger partial charge in [-0.3, -0.25) is 4.79 Å². The fraction of sp³-hybridized carbons (Fsp3) is 0.462. The maximum Gasteiger partial charge on any atom is 0.573 e. The van der Waals surface area contributed by atoms with E-state index in [0.717, 1.165) is 31.1 Å². The minimum atomic E-state index is -4.73. The number of ketones is 1. The number of carbonyl (C=O) groups excluding carboxylic acids is 1. The summed E-state index contributed by atoms with van der Waals surface area (Å²) in [5.41, 5.74) is 0.279. The van der Waals surface area contributed by atoms with Crippen LogP contribution in [0.1, 0.15) is 29.6 Å². The first-order chi connectivity index (χ1) is 8.96. The van der Waals surface area contributed by atoms with E-state index in [1.54, 1.807) is 11.8 Å². The van der Waals surface area contributed by atoms with Crippen molar-refractivity contribution in [2.45, 2.75) is 30.9 Å². The number of hydrogen-bond donors (Lipinski definition) is 0. The van der Waals surface area contributed by atoms with Crippen LogP contribution in [0.2, 0.25) is 0 Å². The summed E-state index contributed by atoms with van der Waals surface area (Å²) < 4.78 is 40.2. The fourth-order valence-corrected chi connectivity index (χ4v) is 3.26. The molecule has 1 saturated heterocycles. The van der Waals surface area contributed by atoms with Crippen molar-refractivity contribution in [3.05, 3.63) is 29.8 Å². The van der Waals surface area contributed by atoms with Crippen LogP contribution in [-0.4, -0.2) is 23.1 Å². The van der Waals surface area contributed by atoms with Gasteiger partial charge in [-0.25, -0.2) is 0 Å². The normalized spacial score (nSPS) is 20.1. The molecular weight excluding hydrogens is 277 g/mol. The van der Waals surface area contributed by atoms with Crippen LogP contribution < -0.4 is 4.74 Å². The van der Waals surface area contributed by atoms with Crippen molar-refractivity contribution in [2.75, 3.05) is 5.75 Å². The van der Waals surface area contributed by atoms with Crippen LogP contribution in [0.15, 0.2) is 24.3 Å². The molecule has 0 spiro atoms. The first-order valence-corrected chi connectivity index (χ1v) is 7.02. The van der Waals surface area contributed by atoms with Crippen molar-refractivity contribution in [1.29, 1.82) is 0 Å². The monoisotopic (exact) mass is 290 g/mol. The van der Waals surface area contributed by atoms with E-state index < -0.39 is 6.36 Å². The Morgan fingerprint density at radius 2 is 2.11 bits per heavy atom. The Balaban J connectivity index is 2.11. The van der Waals surface area contributed by atoms with Gasteiger partial charge in [0.2, 0.25) is 0 Å². The van der Waals surface area contributed by atoms with Crippen LogP contribution in [-0.2, 0) is 0 Å². The van der Waals surface area contributed by atoms with Gasteiger partial charge in [0.1, 0.15) is 5.75 Å². The van der Waals surface area contributed by atoms with Crippen molar-refractivity contribution in [2.24, 2.45) is 0 Å². The highest BCUT2D eigenvalue weighted by atomic mass is 32.2. The first kappa shape index (κ1) is 14.2. The Morgan fingerprint density at radius 1 is 1.32 bits per heavy atom. The van der Waals surface area contributed by atoms with Crippen LogP contribution in [0.4, 0.5) is 13.2 Å². The second-order valence-corrected chi connectivity index (χ2v) is 5.61. The molecule has 1 heterocycles. The van der Waals surface area contributed by atoms with Gasteiger partial charge in [-0.05, 0) is 30.7 Å². The lowest BCUT2D eigenvalue weighted by Crippen LogP contribution is -2.21. The highest BCUT2D eigenvalue weighted by Gasteiger charge is 2.31. The Bertz CT molecular complexity index is 453. The number of ether oxygens (including phenoxy) is 1. The largest absolute Gasteiger partial charge is 0.573 e. The molecule has 0 aromatic heterocycles. The molecule has 1 aromatic carbocycles. The van der Waals surface area contributed by atoms with E-state index in [4.69, 9.17) is 0 Å². The molecule has 0 N–H and O–H groups in total. The molecule has 0 aliphatic carbocycles. The summed E-state index contributed by atoms with van der Waals surface area (Å²) in [7, 11) is 0. The summed E-state index contributed by atoms with van der Waals surface area (Å²) in [6.45, 7) is 0. The highest BCUT2D eigenvalue weighted by molar-refractivity contribution is 8.00. The molecule has 0 bridgehead atoms. The van der Waals surface area contributed by atoms with E-state index in [1.165, 1.54) is 18.2 Å². The van der Waals surface area contributed by atoms with E-state index in [2.05, 4.69) is 4.74 Å². The zero-order valence-corrected chi connectivity index (χ0v) is 10.9. The molecule has 1 aliphatic heterocycles. The van der Waals surface area contributed by atoms with E-state index in [9.17, 15) is 18.0 Å². The van der Waals surface area contributed by atoms with Gasteiger partial charge in [0.25, 0.3) is 0 Å². The molecule has 0 amide bonds. The lowest BCUT2D eigenvalue weighted by atomic mass is 10.0. The molecule has 1 fully saturated rings. The Labute approximate surface area is 113 Å².